The van der Waals surface area contributed by atoms with Gasteiger partial charge in [-0.1, -0.05) is 19.9 Å². The lowest BCUT2D eigenvalue weighted by molar-refractivity contribution is -0.150. The van der Waals surface area contributed by atoms with Crippen molar-refractivity contribution in [3.8, 4) is 0 Å². The van der Waals surface area contributed by atoms with E-state index in [-0.39, 0.29) is 18.0 Å². The molecule has 0 aromatic rings. The Morgan fingerprint density at radius 1 is 1.36 bits per heavy atom. The number of esters is 1. The molecular formula is C12H20O2. The molecule has 0 aliphatic heterocycles. The summed E-state index contributed by atoms with van der Waals surface area (Å²) >= 11 is 0. The van der Waals surface area contributed by atoms with Gasteiger partial charge in [-0.25, -0.2) is 0 Å². The minimum atomic E-state index is -0.0935. The van der Waals surface area contributed by atoms with E-state index in [0.717, 1.165) is 12.8 Å². The van der Waals surface area contributed by atoms with Gasteiger partial charge < -0.3 is 4.74 Å². The number of carbonyl (C=O) groups excluding carboxylic acids is 1. The fourth-order valence-corrected chi connectivity index (χ4v) is 1.62. The van der Waals surface area contributed by atoms with Crippen LogP contribution in [0.4, 0.5) is 0 Å². The van der Waals surface area contributed by atoms with Crippen molar-refractivity contribution in [1.29, 1.82) is 0 Å². The van der Waals surface area contributed by atoms with E-state index in [1.54, 1.807) is 0 Å². The monoisotopic (exact) mass is 196 g/mol. The van der Waals surface area contributed by atoms with E-state index in [2.05, 4.69) is 6.08 Å². The molecule has 0 saturated carbocycles. The standard InChI is InChI=1S/C12H20O2/c1-9(2)12(13)14-10(3)11-7-5-4-6-8-11/h7,9-10H,4-6,8H2,1-3H3/t10-/m1/s1. The molecule has 0 aromatic carbocycles. The molecule has 0 aromatic heterocycles. The quantitative estimate of drug-likeness (QED) is 0.512. The van der Waals surface area contributed by atoms with Gasteiger partial charge in [-0.05, 0) is 38.2 Å². The van der Waals surface area contributed by atoms with Gasteiger partial charge in [-0.3, -0.25) is 4.79 Å². The summed E-state index contributed by atoms with van der Waals surface area (Å²) in [5.41, 5.74) is 1.30. The van der Waals surface area contributed by atoms with E-state index in [1.165, 1.54) is 18.4 Å². The van der Waals surface area contributed by atoms with Crippen molar-refractivity contribution >= 4 is 5.97 Å². The minimum Gasteiger partial charge on any atom is -0.458 e. The Morgan fingerprint density at radius 2 is 2.07 bits per heavy atom. The van der Waals surface area contributed by atoms with Gasteiger partial charge in [0.05, 0.1) is 5.92 Å². The normalized spacial score (nSPS) is 19.0. The SMILES string of the molecule is CC(C)C(=O)O[C@H](C)C1=CCCCC1. The zero-order chi connectivity index (χ0) is 10.6. The van der Waals surface area contributed by atoms with Crippen LogP contribution < -0.4 is 0 Å². The molecule has 0 spiro atoms. The average molecular weight is 196 g/mol. The fourth-order valence-electron chi connectivity index (χ4n) is 1.62. The first kappa shape index (κ1) is 11.3. The van der Waals surface area contributed by atoms with Crippen LogP contribution in [-0.2, 0) is 9.53 Å². The number of hydrogen-bond donors (Lipinski definition) is 0. The second-order valence-corrected chi connectivity index (χ2v) is 4.26. The number of hydrogen-bond acceptors (Lipinski definition) is 2. The highest BCUT2D eigenvalue weighted by Crippen LogP contribution is 2.22. The molecule has 0 bridgehead atoms. The highest BCUT2D eigenvalue weighted by Gasteiger charge is 2.17. The smallest absolute Gasteiger partial charge is 0.308 e. The predicted molar refractivity (Wildman–Crippen MR) is 56.9 cm³/mol. The Kier molecular flexibility index (Phi) is 4.18. The van der Waals surface area contributed by atoms with Gasteiger partial charge in [0.15, 0.2) is 0 Å². The molecule has 0 saturated heterocycles. The van der Waals surface area contributed by atoms with Crippen molar-refractivity contribution < 1.29 is 9.53 Å². The van der Waals surface area contributed by atoms with Crippen LogP contribution in [0.5, 0.6) is 0 Å². The van der Waals surface area contributed by atoms with Gasteiger partial charge in [0.2, 0.25) is 0 Å². The van der Waals surface area contributed by atoms with Crippen molar-refractivity contribution in [1.82, 2.24) is 0 Å². The molecule has 2 nitrogen and oxygen atoms in total. The summed E-state index contributed by atoms with van der Waals surface area (Å²) in [6.45, 7) is 5.70. The van der Waals surface area contributed by atoms with E-state index in [9.17, 15) is 4.79 Å². The van der Waals surface area contributed by atoms with Crippen LogP contribution in [0.15, 0.2) is 11.6 Å². The van der Waals surface area contributed by atoms with Gasteiger partial charge in [-0.15, -0.1) is 0 Å². The first-order valence-electron chi connectivity index (χ1n) is 5.50. The topological polar surface area (TPSA) is 26.3 Å². The lowest BCUT2D eigenvalue weighted by atomic mass is 9.96. The Hall–Kier alpha value is -0.790. The summed E-state index contributed by atoms with van der Waals surface area (Å²) in [5, 5.41) is 0. The molecule has 0 radical (unpaired) electrons. The van der Waals surface area contributed by atoms with Crippen molar-refractivity contribution in [2.45, 2.75) is 52.6 Å². The van der Waals surface area contributed by atoms with Crippen molar-refractivity contribution in [3.05, 3.63) is 11.6 Å². The van der Waals surface area contributed by atoms with E-state index >= 15 is 0 Å². The van der Waals surface area contributed by atoms with Crippen LogP contribution in [0.1, 0.15) is 46.5 Å². The summed E-state index contributed by atoms with van der Waals surface area (Å²) in [6.07, 6.45) is 6.93. The van der Waals surface area contributed by atoms with Gasteiger partial charge in [0.1, 0.15) is 6.10 Å². The van der Waals surface area contributed by atoms with Gasteiger partial charge in [0.25, 0.3) is 0 Å². The average Bonchev–Trinajstić information content (AvgIpc) is 2.19. The van der Waals surface area contributed by atoms with Crippen molar-refractivity contribution in [3.63, 3.8) is 0 Å². The van der Waals surface area contributed by atoms with Gasteiger partial charge >= 0.3 is 5.97 Å². The Labute approximate surface area is 86.3 Å². The lowest BCUT2D eigenvalue weighted by Crippen LogP contribution is -2.21. The zero-order valence-corrected chi connectivity index (χ0v) is 9.38. The third-order valence-electron chi connectivity index (χ3n) is 2.61. The van der Waals surface area contributed by atoms with Crippen LogP contribution in [0.25, 0.3) is 0 Å². The maximum atomic E-state index is 11.3. The lowest BCUT2D eigenvalue weighted by Gasteiger charge is -2.20. The Balaban J connectivity index is 2.44. The fraction of sp³-hybridized carbons (Fsp3) is 0.750. The second-order valence-electron chi connectivity index (χ2n) is 4.26. The molecule has 0 fully saturated rings. The molecule has 80 valence electrons. The van der Waals surface area contributed by atoms with Gasteiger partial charge in [0, 0.05) is 0 Å². The molecule has 2 heteroatoms. The summed E-state index contributed by atoms with van der Waals surface area (Å²) in [5.74, 6) is -0.120. The highest BCUT2D eigenvalue weighted by atomic mass is 16.5. The van der Waals surface area contributed by atoms with Crippen molar-refractivity contribution in [2.24, 2.45) is 5.92 Å². The van der Waals surface area contributed by atoms with E-state index < -0.39 is 0 Å². The van der Waals surface area contributed by atoms with Crippen LogP contribution in [0.3, 0.4) is 0 Å². The van der Waals surface area contributed by atoms with Crippen LogP contribution >= 0.6 is 0 Å². The largest absolute Gasteiger partial charge is 0.458 e. The maximum Gasteiger partial charge on any atom is 0.308 e. The first-order chi connectivity index (χ1) is 6.61. The number of rotatable bonds is 3. The van der Waals surface area contributed by atoms with E-state index in [4.69, 9.17) is 4.74 Å². The van der Waals surface area contributed by atoms with Gasteiger partial charge in [-0.2, -0.15) is 0 Å². The molecule has 0 unspecified atom stereocenters. The Bertz CT molecular complexity index is 228. The summed E-state index contributed by atoms with van der Waals surface area (Å²) in [4.78, 5) is 11.3. The number of carbonyl (C=O) groups is 1. The summed E-state index contributed by atoms with van der Waals surface area (Å²) in [7, 11) is 0. The predicted octanol–water partition coefficient (Wildman–Crippen LogP) is 3.07. The second kappa shape index (κ2) is 5.18. The molecule has 0 N–H and O–H groups in total. The highest BCUT2D eigenvalue weighted by molar-refractivity contribution is 5.71. The van der Waals surface area contributed by atoms with Crippen LogP contribution in [0, 0.1) is 5.92 Å². The van der Waals surface area contributed by atoms with E-state index in [1.807, 2.05) is 20.8 Å². The van der Waals surface area contributed by atoms with Crippen LogP contribution in [-0.4, -0.2) is 12.1 Å². The van der Waals surface area contributed by atoms with E-state index in [0.29, 0.717) is 0 Å². The summed E-state index contributed by atoms with van der Waals surface area (Å²) in [6, 6.07) is 0. The molecule has 1 rings (SSSR count). The minimum absolute atomic E-state index is 0.0230. The molecule has 0 amide bonds. The molecule has 1 aliphatic carbocycles. The molecule has 1 aliphatic rings. The third kappa shape index (κ3) is 3.17. The molecule has 0 heterocycles. The zero-order valence-electron chi connectivity index (χ0n) is 9.38. The number of ether oxygens (including phenoxy) is 1. The number of allylic oxidation sites excluding steroid dienone is 1. The molecule has 1 atom stereocenters. The Morgan fingerprint density at radius 3 is 2.57 bits per heavy atom. The third-order valence-corrected chi connectivity index (χ3v) is 2.61. The van der Waals surface area contributed by atoms with Crippen molar-refractivity contribution in [2.75, 3.05) is 0 Å². The first-order valence-corrected chi connectivity index (χ1v) is 5.50. The molecular weight excluding hydrogens is 176 g/mol. The molecule has 14 heavy (non-hydrogen) atoms. The van der Waals surface area contributed by atoms with Crippen LogP contribution in [0.2, 0.25) is 0 Å². The summed E-state index contributed by atoms with van der Waals surface area (Å²) < 4.78 is 5.34. The maximum absolute atomic E-state index is 11.3.